The molecule has 0 N–H and O–H groups in total. The van der Waals surface area contributed by atoms with Crippen molar-refractivity contribution in [1.82, 2.24) is 4.98 Å². The molecule has 1 aliphatic rings. The molecule has 1 saturated heterocycles. The Morgan fingerprint density at radius 3 is 2.76 bits per heavy atom. The van der Waals surface area contributed by atoms with E-state index in [4.69, 9.17) is 11.6 Å². The van der Waals surface area contributed by atoms with Crippen LogP contribution in [0.3, 0.4) is 0 Å². The van der Waals surface area contributed by atoms with Gasteiger partial charge in [-0.15, -0.1) is 11.6 Å². The molecule has 1 fully saturated rings. The van der Waals surface area contributed by atoms with E-state index in [2.05, 4.69) is 35.9 Å². The van der Waals surface area contributed by atoms with Gasteiger partial charge in [0, 0.05) is 24.2 Å². The van der Waals surface area contributed by atoms with Crippen LogP contribution in [0.1, 0.15) is 37.9 Å². The Morgan fingerprint density at radius 2 is 2.18 bits per heavy atom. The molecule has 2 heterocycles. The number of rotatable bonds is 2. The van der Waals surface area contributed by atoms with Gasteiger partial charge < -0.3 is 4.90 Å². The fraction of sp³-hybridized carbons (Fsp3) is 0.643. The van der Waals surface area contributed by atoms with Gasteiger partial charge in [-0.1, -0.05) is 13.0 Å². The molecule has 0 amide bonds. The summed E-state index contributed by atoms with van der Waals surface area (Å²) in [6, 6.07) is 4.81. The van der Waals surface area contributed by atoms with Gasteiger partial charge in [-0.2, -0.15) is 0 Å². The molecule has 0 bridgehead atoms. The van der Waals surface area contributed by atoms with Gasteiger partial charge in [0.05, 0.1) is 0 Å². The van der Waals surface area contributed by atoms with Gasteiger partial charge in [0.15, 0.2) is 0 Å². The summed E-state index contributed by atoms with van der Waals surface area (Å²) in [7, 11) is 0. The van der Waals surface area contributed by atoms with Gasteiger partial charge in [0.1, 0.15) is 5.82 Å². The summed E-state index contributed by atoms with van der Waals surface area (Å²) in [4.78, 5) is 7.11. The fourth-order valence-electron chi connectivity index (χ4n) is 2.63. The Kier molecular flexibility index (Phi) is 3.93. The lowest BCUT2D eigenvalue weighted by Crippen LogP contribution is -2.40. The van der Waals surface area contributed by atoms with Gasteiger partial charge in [-0.25, -0.2) is 4.98 Å². The Hall–Kier alpha value is -0.760. The number of nitrogens with zero attached hydrogens (tertiary/aromatic N) is 2. The zero-order chi connectivity index (χ0) is 12.4. The fourth-order valence-corrected chi connectivity index (χ4v) is 2.91. The quantitative estimate of drug-likeness (QED) is 0.746. The second-order valence-electron chi connectivity index (χ2n) is 5.22. The Balaban J connectivity index is 2.19. The van der Waals surface area contributed by atoms with Gasteiger partial charge in [-0.05, 0) is 44.2 Å². The van der Waals surface area contributed by atoms with Crippen LogP contribution in [0.25, 0.3) is 0 Å². The first-order valence-corrected chi connectivity index (χ1v) is 6.94. The van der Waals surface area contributed by atoms with Crippen molar-refractivity contribution in [3.8, 4) is 0 Å². The molecule has 3 heteroatoms. The maximum absolute atomic E-state index is 5.86. The van der Waals surface area contributed by atoms with Crippen LogP contribution in [-0.2, 0) is 5.88 Å². The summed E-state index contributed by atoms with van der Waals surface area (Å²) in [6.45, 7) is 7.79. The first-order chi connectivity index (χ1) is 8.11. The summed E-state index contributed by atoms with van der Waals surface area (Å²) in [5, 5.41) is 0. The smallest absolute Gasteiger partial charge is 0.129 e. The van der Waals surface area contributed by atoms with Crippen molar-refractivity contribution in [2.75, 3.05) is 11.4 Å². The van der Waals surface area contributed by atoms with Gasteiger partial charge in [0.2, 0.25) is 0 Å². The second kappa shape index (κ2) is 5.26. The van der Waals surface area contributed by atoms with E-state index >= 15 is 0 Å². The molecule has 2 atom stereocenters. The van der Waals surface area contributed by atoms with Crippen molar-refractivity contribution in [3.05, 3.63) is 23.4 Å². The highest BCUT2D eigenvalue weighted by atomic mass is 35.5. The highest BCUT2D eigenvalue weighted by Gasteiger charge is 2.23. The number of piperidine rings is 1. The molecule has 0 aromatic carbocycles. The second-order valence-corrected chi connectivity index (χ2v) is 5.49. The third-order valence-corrected chi connectivity index (χ3v) is 4.05. The molecule has 0 saturated carbocycles. The number of aryl methyl sites for hydroxylation is 1. The van der Waals surface area contributed by atoms with Crippen molar-refractivity contribution in [3.63, 3.8) is 0 Å². The maximum Gasteiger partial charge on any atom is 0.129 e. The summed E-state index contributed by atoms with van der Waals surface area (Å²) in [6.07, 6.45) is 2.53. The molecule has 1 aromatic rings. The Bertz CT molecular complexity index is 392. The lowest BCUT2D eigenvalue weighted by atomic mass is 9.93. The minimum atomic E-state index is 0.547. The minimum absolute atomic E-state index is 0.547. The number of alkyl halides is 1. The third kappa shape index (κ3) is 2.74. The summed E-state index contributed by atoms with van der Waals surface area (Å²) in [5.74, 6) is 2.49. The number of halogens is 1. The van der Waals surface area contributed by atoms with Crippen LogP contribution >= 0.6 is 11.6 Å². The SMILES string of the molecule is Cc1nc(N2CCC(C)CC2C)ccc1CCl. The molecule has 2 nitrogen and oxygen atoms in total. The molecule has 1 aromatic heterocycles. The van der Waals surface area contributed by atoms with E-state index in [9.17, 15) is 0 Å². The van der Waals surface area contributed by atoms with E-state index in [1.165, 1.54) is 12.8 Å². The van der Waals surface area contributed by atoms with Crippen molar-refractivity contribution in [1.29, 1.82) is 0 Å². The summed E-state index contributed by atoms with van der Waals surface area (Å²) >= 11 is 5.86. The van der Waals surface area contributed by atoms with Crippen LogP contribution in [0.5, 0.6) is 0 Å². The molecule has 17 heavy (non-hydrogen) atoms. The zero-order valence-electron chi connectivity index (χ0n) is 10.9. The van der Waals surface area contributed by atoms with E-state index in [1.54, 1.807) is 0 Å². The Labute approximate surface area is 109 Å². The Morgan fingerprint density at radius 1 is 1.41 bits per heavy atom. The number of hydrogen-bond acceptors (Lipinski definition) is 2. The highest BCUT2D eigenvalue weighted by molar-refractivity contribution is 6.17. The maximum atomic E-state index is 5.86. The normalized spacial score (nSPS) is 25.1. The standard InChI is InChI=1S/C14H21ClN2/c1-10-6-7-17(11(2)8-10)14-5-4-13(9-15)12(3)16-14/h4-5,10-11H,6-9H2,1-3H3. The van der Waals surface area contributed by atoms with Crippen molar-refractivity contribution in [2.45, 2.75) is 45.5 Å². The largest absolute Gasteiger partial charge is 0.354 e. The van der Waals surface area contributed by atoms with Crippen LogP contribution in [-0.4, -0.2) is 17.6 Å². The molecule has 94 valence electrons. The lowest BCUT2D eigenvalue weighted by Gasteiger charge is -2.37. The van der Waals surface area contributed by atoms with Gasteiger partial charge >= 0.3 is 0 Å². The van der Waals surface area contributed by atoms with E-state index in [-0.39, 0.29) is 0 Å². The predicted molar refractivity (Wildman–Crippen MR) is 73.7 cm³/mol. The van der Waals surface area contributed by atoms with E-state index in [1.807, 2.05) is 6.92 Å². The molecule has 2 rings (SSSR count). The zero-order valence-corrected chi connectivity index (χ0v) is 11.7. The summed E-state index contributed by atoms with van der Waals surface area (Å²) < 4.78 is 0. The molecule has 0 aliphatic carbocycles. The third-order valence-electron chi connectivity index (χ3n) is 3.76. The molecule has 2 unspecified atom stereocenters. The van der Waals surface area contributed by atoms with Crippen LogP contribution in [0.2, 0.25) is 0 Å². The van der Waals surface area contributed by atoms with Crippen molar-refractivity contribution in [2.24, 2.45) is 5.92 Å². The average molecular weight is 253 g/mol. The van der Waals surface area contributed by atoms with Gasteiger partial charge in [-0.3, -0.25) is 0 Å². The lowest BCUT2D eigenvalue weighted by molar-refractivity contribution is 0.376. The van der Waals surface area contributed by atoms with Crippen LogP contribution in [0.4, 0.5) is 5.82 Å². The van der Waals surface area contributed by atoms with E-state index in [0.29, 0.717) is 11.9 Å². The summed E-state index contributed by atoms with van der Waals surface area (Å²) in [5.41, 5.74) is 2.19. The van der Waals surface area contributed by atoms with Crippen LogP contribution in [0.15, 0.2) is 12.1 Å². The molecule has 1 aliphatic heterocycles. The minimum Gasteiger partial charge on any atom is -0.354 e. The average Bonchev–Trinajstić information content (AvgIpc) is 2.29. The molecular formula is C14H21ClN2. The van der Waals surface area contributed by atoms with Crippen LogP contribution < -0.4 is 4.90 Å². The predicted octanol–water partition coefficient (Wildman–Crippen LogP) is 3.75. The first-order valence-electron chi connectivity index (χ1n) is 6.41. The van der Waals surface area contributed by atoms with Crippen molar-refractivity contribution < 1.29 is 0 Å². The molecule has 0 radical (unpaired) electrons. The first kappa shape index (κ1) is 12.7. The van der Waals surface area contributed by atoms with Crippen LogP contribution in [0, 0.1) is 12.8 Å². The molecule has 0 spiro atoms. The topological polar surface area (TPSA) is 16.1 Å². The van der Waals surface area contributed by atoms with E-state index < -0.39 is 0 Å². The number of hydrogen-bond donors (Lipinski definition) is 0. The highest BCUT2D eigenvalue weighted by Crippen LogP contribution is 2.27. The van der Waals surface area contributed by atoms with Gasteiger partial charge in [0.25, 0.3) is 0 Å². The number of anilines is 1. The monoisotopic (exact) mass is 252 g/mol. The van der Waals surface area contributed by atoms with Crippen molar-refractivity contribution >= 4 is 17.4 Å². The van der Waals surface area contributed by atoms with E-state index in [0.717, 1.165) is 29.5 Å². The number of aromatic nitrogens is 1. The number of pyridine rings is 1. The molecular weight excluding hydrogens is 232 g/mol.